The Hall–Kier alpha value is -2.60. The number of aromatic nitrogens is 2. The summed E-state index contributed by atoms with van der Waals surface area (Å²) >= 11 is 0. The summed E-state index contributed by atoms with van der Waals surface area (Å²) in [5, 5.41) is 10.2. The molecule has 4 rings (SSSR count). The first-order chi connectivity index (χ1) is 9.29. The van der Waals surface area contributed by atoms with Crippen LogP contribution in [0.5, 0.6) is 0 Å². The van der Waals surface area contributed by atoms with Crippen molar-refractivity contribution in [3.63, 3.8) is 0 Å². The summed E-state index contributed by atoms with van der Waals surface area (Å²) in [5.41, 5.74) is 5.70. The number of para-hydroxylation sites is 1. The average Bonchev–Trinajstić information content (AvgIpc) is 2.94. The Balaban J connectivity index is 2.15. The van der Waals surface area contributed by atoms with Gasteiger partial charge in [0.1, 0.15) is 17.3 Å². The van der Waals surface area contributed by atoms with Crippen LogP contribution in [0.15, 0.2) is 42.6 Å². The molecule has 0 atom stereocenters. The summed E-state index contributed by atoms with van der Waals surface area (Å²) in [6, 6.07) is 14.6. The van der Waals surface area contributed by atoms with Crippen molar-refractivity contribution in [2.75, 3.05) is 0 Å². The van der Waals surface area contributed by atoms with Gasteiger partial charge in [-0.05, 0) is 24.6 Å². The van der Waals surface area contributed by atoms with E-state index in [1.165, 1.54) is 16.8 Å². The second-order valence-corrected chi connectivity index (χ2v) is 4.97. The van der Waals surface area contributed by atoms with Crippen LogP contribution in [0.1, 0.15) is 16.7 Å². The van der Waals surface area contributed by atoms with Crippen LogP contribution in [0.25, 0.3) is 16.6 Å². The third-order valence-corrected chi connectivity index (χ3v) is 3.83. The van der Waals surface area contributed by atoms with Crippen LogP contribution < -0.4 is 4.68 Å². The maximum atomic E-state index is 9.21. The predicted molar refractivity (Wildman–Crippen MR) is 72.0 cm³/mol. The lowest BCUT2D eigenvalue weighted by atomic mass is 10.1. The van der Waals surface area contributed by atoms with E-state index in [0.29, 0.717) is 0 Å². The van der Waals surface area contributed by atoms with Crippen LogP contribution in [0.3, 0.4) is 0 Å². The van der Waals surface area contributed by atoms with Gasteiger partial charge in [0.15, 0.2) is 6.54 Å². The highest BCUT2D eigenvalue weighted by atomic mass is 15.4. The second kappa shape index (κ2) is 3.46. The summed E-state index contributed by atoms with van der Waals surface area (Å²) < 4.78 is 4.41. The van der Waals surface area contributed by atoms with Gasteiger partial charge in [0, 0.05) is 5.56 Å². The van der Waals surface area contributed by atoms with Crippen molar-refractivity contribution in [3.8, 4) is 11.8 Å². The summed E-state index contributed by atoms with van der Waals surface area (Å²) in [5.74, 6) is 0. The van der Waals surface area contributed by atoms with Gasteiger partial charge < -0.3 is 0 Å². The molecule has 0 unspecified atom stereocenters. The molecule has 3 aromatic rings. The Kier molecular flexibility index (Phi) is 1.88. The van der Waals surface area contributed by atoms with Gasteiger partial charge in [0.2, 0.25) is 6.20 Å². The molecule has 0 radical (unpaired) electrons. The van der Waals surface area contributed by atoms with Crippen molar-refractivity contribution in [2.45, 2.75) is 13.5 Å². The van der Waals surface area contributed by atoms with Crippen molar-refractivity contribution < 1.29 is 4.68 Å². The standard InChI is InChI=1S/C16H12N3/c1-11-4-2-6-13-9-18-10-14-12(8-17)5-3-7-15(14)19(18)16(11)13/h2-7,10H,9H2,1H3/q+1. The Morgan fingerprint density at radius 3 is 2.89 bits per heavy atom. The molecule has 1 aromatic heterocycles. The summed E-state index contributed by atoms with van der Waals surface area (Å²) in [6.07, 6.45) is 2.08. The molecular weight excluding hydrogens is 234 g/mol. The van der Waals surface area contributed by atoms with Gasteiger partial charge in [-0.2, -0.15) is 5.26 Å². The van der Waals surface area contributed by atoms with Crippen molar-refractivity contribution in [2.24, 2.45) is 0 Å². The molecule has 0 amide bonds. The average molecular weight is 246 g/mol. The quantitative estimate of drug-likeness (QED) is 0.439. The lowest BCUT2D eigenvalue weighted by Gasteiger charge is -2.02. The zero-order valence-electron chi connectivity index (χ0n) is 10.6. The van der Waals surface area contributed by atoms with E-state index in [9.17, 15) is 5.26 Å². The number of benzene rings is 2. The van der Waals surface area contributed by atoms with Crippen LogP contribution in [0, 0.1) is 18.3 Å². The molecule has 2 aromatic carbocycles. The van der Waals surface area contributed by atoms with E-state index in [2.05, 4.69) is 52.8 Å². The molecule has 19 heavy (non-hydrogen) atoms. The third-order valence-electron chi connectivity index (χ3n) is 3.83. The highest BCUT2D eigenvalue weighted by Gasteiger charge is 2.29. The van der Waals surface area contributed by atoms with E-state index >= 15 is 0 Å². The minimum Gasteiger partial charge on any atom is -0.192 e. The fourth-order valence-electron chi connectivity index (χ4n) is 3.01. The Labute approximate surface area is 110 Å². The lowest BCUT2D eigenvalue weighted by molar-refractivity contribution is -0.749. The fraction of sp³-hybridized carbons (Fsp3) is 0.125. The van der Waals surface area contributed by atoms with Crippen LogP contribution in [0.2, 0.25) is 0 Å². The third kappa shape index (κ3) is 1.23. The van der Waals surface area contributed by atoms with Gasteiger partial charge in [-0.3, -0.25) is 0 Å². The van der Waals surface area contributed by atoms with Gasteiger partial charge in [-0.1, -0.05) is 24.3 Å². The van der Waals surface area contributed by atoms with Crippen LogP contribution >= 0.6 is 0 Å². The maximum absolute atomic E-state index is 9.21. The zero-order chi connectivity index (χ0) is 13.0. The Bertz CT molecular complexity index is 866. The van der Waals surface area contributed by atoms with Crippen LogP contribution in [-0.4, -0.2) is 4.68 Å². The fourth-order valence-corrected chi connectivity index (χ4v) is 3.01. The van der Waals surface area contributed by atoms with Crippen molar-refractivity contribution >= 4 is 10.9 Å². The number of rotatable bonds is 0. The molecular formula is C16H12N3+. The van der Waals surface area contributed by atoms with E-state index in [-0.39, 0.29) is 0 Å². The molecule has 3 heteroatoms. The molecule has 3 nitrogen and oxygen atoms in total. The minimum absolute atomic E-state index is 0.738. The first kappa shape index (κ1) is 10.3. The smallest absolute Gasteiger partial charge is 0.192 e. The highest BCUT2D eigenvalue weighted by Crippen LogP contribution is 2.28. The summed E-state index contributed by atoms with van der Waals surface area (Å²) in [7, 11) is 0. The number of fused-ring (bicyclic) bond motifs is 5. The number of nitrogens with zero attached hydrogens (tertiary/aromatic N) is 3. The first-order valence-electron chi connectivity index (χ1n) is 6.33. The molecule has 0 bridgehead atoms. The number of nitriles is 1. The normalized spacial score (nSPS) is 12.2. The molecule has 0 spiro atoms. The molecule has 90 valence electrons. The molecule has 0 N–H and O–H groups in total. The van der Waals surface area contributed by atoms with Crippen LogP contribution in [-0.2, 0) is 6.54 Å². The highest BCUT2D eigenvalue weighted by molar-refractivity contribution is 5.85. The van der Waals surface area contributed by atoms with Gasteiger partial charge in [0.05, 0.1) is 10.9 Å². The largest absolute Gasteiger partial charge is 0.205 e. The van der Waals surface area contributed by atoms with Crippen molar-refractivity contribution in [1.29, 1.82) is 5.26 Å². The van der Waals surface area contributed by atoms with Crippen molar-refractivity contribution in [1.82, 2.24) is 4.68 Å². The SMILES string of the molecule is Cc1cccc2c1-n1c3cccc(C#N)c3c[n+]1C2. The van der Waals surface area contributed by atoms with Gasteiger partial charge in [-0.15, -0.1) is 9.36 Å². The molecule has 1 aliphatic rings. The number of hydrogen-bond acceptors (Lipinski definition) is 1. The van der Waals surface area contributed by atoms with Gasteiger partial charge in [-0.25, -0.2) is 0 Å². The summed E-state index contributed by atoms with van der Waals surface area (Å²) in [4.78, 5) is 0. The van der Waals surface area contributed by atoms with Gasteiger partial charge in [0.25, 0.3) is 0 Å². The topological polar surface area (TPSA) is 32.6 Å². The molecule has 0 aliphatic carbocycles. The predicted octanol–water partition coefficient (Wildman–Crippen LogP) is 2.46. The molecule has 0 fully saturated rings. The Morgan fingerprint density at radius 2 is 2.05 bits per heavy atom. The number of aryl methyl sites for hydroxylation is 1. The number of hydrogen-bond donors (Lipinski definition) is 0. The van der Waals surface area contributed by atoms with Crippen LogP contribution in [0.4, 0.5) is 0 Å². The molecule has 0 saturated carbocycles. The van der Waals surface area contributed by atoms with E-state index in [4.69, 9.17) is 0 Å². The van der Waals surface area contributed by atoms with E-state index in [0.717, 1.165) is 23.0 Å². The van der Waals surface area contributed by atoms with Gasteiger partial charge >= 0.3 is 0 Å². The maximum Gasteiger partial charge on any atom is 0.205 e. The van der Waals surface area contributed by atoms with Crippen molar-refractivity contribution in [3.05, 3.63) is 59.3 Å². The molecule has 0 saturated heterocycles. The Morgan fingerprint density at radius 1 is 1.21 bits per heavy atom. The monoisotopic (exact) mass is 246 g/mol. The van der Waals surface area contributed by atoms with E-state index in [1.54, 1.807) is 0 Å². The lowest BCUT2D eigenvalue weighted by Crippen LogP contribution is -2.36. The molecule has 1 aliphatic heterocycles. The minimum atomic E-state index is 0.738. The molecule has 2 heterocycles. The van der Waals surface area contributed by atoms with E-state index < -0.39 is 0 Å². The first-order valence-corrected chi connectivity index (χ1v) is 6.33. The zero-order valence-corrected chi connectivity index (χ0v) is 10.6. The second-order valence-electron chi connectivity index (χ2n) is 4.97. The van der Waals surface area contributed by atoms with E-state index in [1.807, 2.05) is 12.1 Å². The summed E-state index contributed by atoms with van der Waals surface area (Å²) in [6.45, 7) is 3.00.